The Bertz CT molecular complexity index is 303. The van der Waals surface area contributed by atoms with Gasteiger partial charge in [0, 0.05) is 6.61 Å². The summed E-state index contributed by atoms with van der Waals surface area (Å²) in [6.07, 6.45) is 3.21. The molecule has 0 radical (unpaired) electrons. The lowest BCUT2D eigenvalue weighted by molar-refractivity contribution is 0.244. The Morgan fingerprint density at radius 3 is 2.65 bits per heavy atom. The third kappa shape index (κ3) is 4.92. The molecule has 2 N–H and O–H groups in total. The smallest absolute Gasteiger partial charge is 0.120 e. The topological polar surface area (TPSA) is 45.4 Å². The van der Waals surface area contributed by atoms with Crippen LogP contribution in [-0.4, -0.2) is 18.3 Å². The van der Waals surface area contributed by atoms with Crippen LogP contribution >= 0.6 is 0 Å². The van der Waals surface area contributed by atoms with Gasteiger partial charge >= 0.3 is 0 Å². The van der Waals surface area contributed by atoms with E-state index in [-0.39, 0.29) is 12.6 Å². The average molecular weight is 239 g/mol. The molecule has 0 aliphatic heterocycles. The quantitative estimate of drug-likeness (QED) is 0.733. The molecule has 3 nitrogen and oxygen atoms in total. The molecule has 1 heterocycles. The minimum atomic E-state index is 0.238. The second-order valence-corrected chi connectivity index (χ2v) is 4.75. The fourth-order valence-corrected chi connectivity index (χ4v) is 2.07. The van der Waals surface area contributed by atoms with Crippen molar-refractivity contribution in [3.63, 3.8) is 0 Å². The number of aryl methyl sites for hydroxylation is 1. The van der Waals surface area contributed by atoms with Crippen LogP contribution in [0.4, 0.5) is 0 Å². The van der Waals surface area contributed by atoms with Crippen LogP contribution in [0.5, 0.6) is 0 Å². The number of hydrogen-bond acceptors (Lipinski definition) is 3. The van der Waals surface area contributed by atoms with E-state index in [1.54, 1.807) is 0 Å². The molecule has 0 aromatic carbocycles. The zero-order valence-corrected chi connectivity index (χ0v) is 11.2. The lowest BCUT2D eigenvalue weighted by Crippen LogP contribution is -2.26. The molecular formula is C14H25NO2. The van der Waals surface area contributed by atoms with Gasteiger partial charge in [-0.25, -0.2) is 0 Å². The first kappa shape index (κ1) is 14.3. The molecule has 17 heavy (non-hydrogen) atoms. The Labute approximate surface area is 104 Å². The summed E-state index contributed by atoms with van der Waals surface area (Å²) in [7, 11) is 0. The lowest BCUT2D eigenvalue weighted by atomic mass is 10.00. The first-order valence-corrected chi connectivity index (χ1v) is 6.58. The molecule has 3 heteroatoms. The van der Waals surface area contributed by atoms with E-state index in [1.165, 1.54) is 6.42 Å². The standard InChI is InChI=1S/C14H25NO2/c1-4-5-13(8-9-16)10-15-12(3)14-7-6-11(2)17-14/h6-7,12-13,15-16H,4-5,8-10H2,1-3H3. The fourth-order valence-electron chi connectivity index (χ4n) is 2.07. The second kappa shape index (κ2) is 7.51. The van der Waals surface area contributed by atoms with Crippen LogP contribution in [0.3, 0.4) is 0 Å². The summed E-state index contributed by atoms with van der Waals surface area (Å²) in [5.74, 6) is 2.50. The van der Waals surface area contributed by atoms with Crippen molar-refractivity contribution in [1.29, 1.82) is 0 Å². The van der Waals surface area contributed by atoms with E-state index in [4.69, 9.17) is 9.52 Å². The molecule has 0 amide bonds. The normalized spacial score (nSPS) is 14.8. The van der Waals surface area contributed by atoms with Gasteiger partial charge in [0.2, 0.25) is 0 Å². The third-order valence-corrected chi connectivity index (χ3v) is 3.13. The van der Waals surface area contributed by atoms with Crippen molar-refractivity contribution in [2.75, 3.05) is 13.2 Å². The Morgan fingerprint density at radius 2 is 2.12 bits per heavy atom. The monoisotopic (exact) mass is 239 g/mol. The Balaban J connectivity index is 2.37. The molecule has 0 aliphatic rings. The van der Waals surface area contributed by atoms with Gasteiger partial charge in [-0.15, -0.1) is 0 Å². The largest absolute Gasteiger partial charge is 0.465 e. The van der Waals surface area contributed by atoms with Crippen molar-refractivity contribution in [2.24, 2.45) is 5.92 Å². The lowest BCUT2D eigenvalue weighted by Gasteiger charge is -2.18. The van der Waals surface area contributed by atoms with Crippen molar-refractivity contribution in [1.82, 2.24) is 5.32 Å². The predicted molar refractivity (Wildman–Crippen MR) is 70.0 cm³/mol. The summed E-state index contributed by atoms with van der Waals surface area (Å²) in [4.78, 5) is 0. The zero-order chi connectivity index (χ0) is 12.7. The third-order valence-electron chi connectivity index (χ3n) is 3.13. The number of rotatable bonds is 8. The number of hydrogen-bond donors (Lipinski definition) is 2. The molecule has 0 spiro atoms. The van der Waals surface area contributed by atoms with Crippen molar-refractivity contribution in [3.05, 3.63) is 23.7 Å². The van der Waals surface area contributed by atoms with Gasteiger partial charge in [0.15, 0.2) is 0 Å². The highest BCUT2D eigenvalue weighted by molar-refractivity contribution is 5.08. The van der Waals surface area contributed by atoms with Crippen LogP contribution < -0.4 is 5.32 Å². The SMILES string of the molecule is CCCC(CCO)CNC(C)c1ccc(C)o1. The van der Waals surface area contributed by atoms with Crippen LogP contribution in [0.2, 0.25) is 0 Å². The van der Waals surface area contributed by atoms with Crippen molar-refractivity contribution < 1.29 is 9.52 Å². The summed E-state index contributed by atoms with van der Waals surface area (Å²) < 4.78 is 5.59. The molecule has 2 unspecified atom stereocenters. The maximum atomic E-state index is 9.00. The predicted octanol–water partition coefficient (Wildman–Crippen LogP) is 3.04. The van der Waals surface area contributed by atoms with Gasteiger partial charge in [-0.3, -0.25) is 0 Å². The van der Waals surface area contributed by atoms with Gasteiger partial charge in [0.25, 0.3) is 0 Å². The van der Waals surface area contributed by atoms with Gasteiger partial charge in [-0.1, -0.05) is 13.3 Å². The van der Waals surface area contributed by atoms with Gasteiger partial charge in [0.05, 0.1) is 6.04 Å². The Kier molecular flexibility index (Phi) is 6.30. The highest BCUT2D eigenvalue weighted by atomic mass is 16.3. The summed E-state index contributed by atoms with van der Waals surface area (Å²) in [5.41, 5.74) is 0. The van der Waals surface area contributed by atoms with E-state index < -0.39 is 0 Å². The van der Waals surface area contributed by atoms with Gasteiger partial charge in [0.1, 0.15) is 11.5 Å². The van der Waals surface area contributed by atoms with Crippen LogP contribution in [0.1, 0.15) is 50.7 Å². The van der Waals surface area contributed by atoms with E-state index in [2.05, 4.69) is 19.2 Å². The van der Waals surface area contributed by atoms with E-state index in [0.717, 1.165) is 30.9 Å². The molecular weight excluding hydrogens is 214 g/mol. The van der Waals surface area contributed by atoms with Crippen LogP contribution in [0.25, 0.3) is 0 Å². The summed E-state index contributed by atoms with van der Waals surface area (Å²) in [5, 5.41) is 12.5. The van der Waals surface area contributed by atoms with Crippen LogP contribution in [-0.2, 0) is 0 Å². The highest BCUT2D eigenvalue weighted by Crippen LogP contribution is 2.17. The molecule has 98 valence electrons. The highest BCUT2D eigenvalue weighted by Gasteiger charge is 2.12. The maximum Gasteiger partial charge on any atom is 0.120 e. The first-order chi connectivity index (χ1) is 8.17. The molecule has 1 rings (SSSR count). The fraction of sp³-hybridized carbons (Fsp3) is 0.714. The van der Waals surface area contributed by atoms with Crippen LogP contribution in [0.15, 0.2) is 16.5 Å². The number of furan rings is 1. The van der Waals surface area contributed by atoms with Crippen LogP contribution in [0, 0.1) is 12.8 Å². The van der Waals surface area contributed by atoms with Gasteiger partial charge < -0.3 is 14.8 Å². The molecule has 1 aromatic heterocycles. The van der Waals surface area contributed by atoms with Crippen molar-refractivity contribution in [3.8, 4) is 0 Å². The molecule has 0 aliphatic carbocycles. The summed E-state index contributed by atoms with van der Waals surface area (Å²) >= 11 is 0. The summed E-state index contributed by atoms with van der Waals surface area (Å²) in [6, 6.07) is 4.25. The molecule has 0 saturated heterocycles. The number of nitrogens with one attached hydrogen (secondary N) is 1. The Morgan fingerprint density at radius 1 is 1.35 bits per heavy atom. The molecule has 2 atom stereocenters. The van der Waals surface area contributed by atoms with Crippen molar-refractivity contribution in [2.45, 2.75) is 46.1 Å². The van der Waals surface area contributed by atoms with Crippen molar-refractivity contribution >= 4 is 0 Å². The maximum absolute atomic E-state index is 9.00. The van der Waals surface area contributed by atoms with Gasteiger partial charge in [-0.05, 0) is 51.3 Å². The van der Waals surface area contributed by atoms with E-state index in [9.17, 15) is 0 Å². The summed E-state index contributed by atoms with van der Waals surface area (Å²) in [6.45, 7) is 7.47. The molecule has 0 fully saturated rings. The Hall–Kier alpha value is -0.800. The minimum absolute atomic E-state index is 0.238. The minimum Gasteiger partial charge on any atom is -0.465 e. The second-order valence-electron chi connectivity index (χ2n) is 4.75. The molecule has 1 aromatic rings. The zero-order valence-electron chi connectivity index (χ0n) is 11.2. The van der Waals surface area contributed by atoms with Gasteiger partial charge in [-0.2, -0.15) is 0 Å². The molecule has 0 saturated carbocycles. The average Bonchev–Trinajstić information content (AvgIpc) is 2.73. The number of aliphatic hydroxyl groups is 1. The molecule has 0 bridgehead atoms. The van der Waals surface area contributed by atoms with E-state index in [0.29, 0.717) is 5.92 Å². The van der Waals surface area contributed by atoms with E-state index >= 15 is 0 Å². The van der Waals surface area contributed by atoms with E-state index in [1.807, 2.05) is 19.1 Å². The first-order valence-electron chi connectivity index (χ1n) is 6.58. The number of aliphatic hydroxyl groups excluding tert-OH is 1.